The average molecular weight is 93.7 g/mol. The lowest BCUT2D eigenvalue weighted by atomic mass is 9.60. The smallest absolute Gasteiger partial charge is 0.131 e. The van der Waals surface area contributed by atoms with Crippen molar-refractivity contribution in [3.63, 3.8) is 0 Å². The summed E-state index contributed by atoms with van der Waals surface area (Å²) < 4.78 is 0. The van der Waals surface area contributed by atoms with Gasteiger partial charge in [-0.05, 0) is 0 Å². The van der Waals surface area contributed by atoms with E-state index in [4.69, 9.17) is 0 Å². The molecule has 0 aliphatic carbocycles. The number of hydrogen-bond acceptors (Lipinski definition) is 0. The Hall–Kier alpha value is -1.19. The minimum absolute atomic E-state index is 0.235. The van der Waals surface area contributed by atoms with Crippen LogP contribution in [0.1, 0.15) is 0 Å². The quantitative estimate of drug-likeness (QED) is 0.273. The second-order valence-corrected chi connectivity index (χ2v) is 1.73. The first-order valence-electron chi connectivity index (χ1n) is 2.48. The minimum atomic E-state index is 0.235. The maximum Gasteiger partial charge on any atom is 0.392 e. The van der Waals surface area contributed by atoms with Crippen molar-refractivity contribution in [1.82, 2.24) is 0 Å². The van der Waals surface area contributed by atoms with E-state index in [-0.39, 0.29) is 13.4 Å². The van der Waals surface area contributed by atoms with Gasteiger partial charge in [-0.25, -0.2) is 0 Å². The highest BCUT2D eigenvalue weighted by Crippen LogP contribution is 1.90. The second-order valence-electron chi connectivity index (χ2n) is 1.73. The first kappa shape index (κ1) is 3.77. The molecule has 0 bridgehead atoms. The summed E-state index contributed by atoms with van der Waals surface area (Å²) in [4.78, 5) is 0. The molecule has 0 unspecified atom stereocenters. The van der Waals surface area contributed by atoms with Crippen molar-refractivity contribution in [2.45, 2.75) is 0 Å². The van der Waals surface area contributed by atoms with E-state index in [1.54, 1.807) is 0 Å². The Morgan fingerprint density at radius 2 is 1.12 bits per heavy atom. The topological polar surface area (TPSA) is 0 Å². The van der Waals surface area contributed by atoms with Gasteiger partial charge in [-0.1, -0.05) is 0 Å². The van der Waals surface area contributed by atoms with Crippen LogP contribution in [0.5, 0.6) is 0 Å². The van der Waals surface area contributed by atoms with Crippen LogP contribution in [0.25, 0.3) is 0 Å². The van der Waals surface area contributed by atoms with Crippen LogP contribution in [-0.2, 0) is 0 Å². The molecule has 0 radical (unpaired) electrons. The van der Waals surface area contributed by atoms with Crippen molar-refractivity contribution in [2.24, 2.45) is 0 Å². The normalized spacial score (nSPS) is 14.0. The highest BCUT2D eigenvalue weighted by atomic mass is 13.7. The number of hydrogen-bond donors (Lipinski definition) is 0. The van der Waals surface area contributed by atoms with Crippen molar-refractivity contribution in [1.29, 1.82) is 0 Å². The lowest BCUT2D eigenvalue weighted by molar-refractivity contribution is 2.76. The predicted molar refractivity (Wildman–Crippen MR) is 34.8 cm³/mol. The van der Waals surface area contributed by atoms with Crippen LogP contribution in [0, 0.1) is 34.9 Å². The van der Waals surface area contributed by atoms with Crippen molar-refractivity contribution in [3.8, 4) is 34.9 Å². The van der Waals surface area contributed by atoms with E-state index >= 15 is 0 Å². The van der Waals surface area contributed by atoms with Gasteiger partial charge in [0, 0.05) is 0 Å². The third-order valence-electron chi connectivity index (χ3n) is 0.949. The van der Waals surface area contributed by atoms with Gasteiger partial charge in [0.05, 0.1) is 0 Å². The van der Waals surface area contributed by atoms with Crippen molar-refractivity contribution in [2.75, 3.05) is 0 Å². The van der Waals surface area contributed by atoms with Gasteiger partial charge >= 0.3 is 13.4 Å². The fraction of sp³-hybridized carbons (Fsp3) is 0. The Morgan fingerprint density at radius 1 is 0.750 bits per heavy atom. The Bertz CT molecular complexity index is 251. The number of rotatable bonds is 0. The molecule has 30 valence electrons. The van der Waals surface area contributed by atoms with Gasteiger partial charge in [-0.3, -0.25) is 0 Å². The molecule has 2 heterocycles. The molecular formula is C6B2. The Kier molecular flexibility index (Phi) is 0.542. The van der Waals surface area contributed by atoms with Gasteiger partial charge in [-0.2, -0.15) is 0 Å². The molecule has 0 saturated carbocycles. The lowest BCUT2D eigenvalue weighted by Gasteiger charge is -1.64. The van der Waals surface area contributed by atoms with Crippen LogP contribution in [-0.4, -0.2) is 13.4 Å². The zero-order valence-electron chi connectivity index (χ0n) is 4.15. The molecule has 0 aromatic carbocycles. The Morgan fingerprint density at radius 3 is 1.38 bits per heavy atom. The summed E-state index contributed by atoms with van der Waals surface area (Å²) in [6.07, 6.45) is 0. The van der Waals surface area contributed by atoms with Crippen LogP contribution < -0.4 is 0 Å². The first-order valence-corrected chi connectivity index (χ1v) is 2.48. The summed E-state index contributed by atoms with van der Waals surface area (Å²) >= 11 is 0. The van der Waals surface area contributed by atoms with E-state index in [0.29, 0.717) is 0 Å². The molecule has 2 aliphatic heterocycles. The van der Waals surface area contributed by atoms with Crippen LogP contribution in [0.2, 0.25) is 0 Å². The standard InChI is InChI=1S/C6B2/c1-2-7(1)5-6-8-3-4-8. The molecule has 0 saturated heterocycles. The van der Waals surface area contributed by atoms with Crippen molar-refractivity contribution < 1.29 is 0 Å². The van der Waals surface area contributed by atoms with E-state index in [0.717, 1.165) is 0 Å². The van der Waals surface area contributed by atoms with Gasteiger partial charge in [0.2, 0.25) is 0 Å². The molecule has 0 amide bonds. The van der Waals surface area contributed by atoms with E-state index in [2.05, 4.69) is 34.9 Å². The third kappa shape index (κ3) is 0.725. The van der Waals surface area contributed by atoms with Gasteiger partial charge in [0.1, 0.15) is 0 Å². The van der Waals surface area contributed by atoms with Crippen LogP contribution in [0.3, 0.4) is 0 Å². The zero-order chi connectivity index (χ0) is 5.40. The third-order valence-corrected chi connectivity index (χ3v) is 0.949. The summed E-state index contributed by atoms with van der Waals surface area (Å²) in [7, 11) is 0. The van der Waals surface area contributed by atoms with Gasteiger partial charge in [0.15, 0.2) is 0 Å². The summed E-state index contributed by atoms with van der Waals surface area (Å²) in [5.74, 6) is 17.2. The average Bonchev–Trinajstić information content (AvgIpc) is 2.60. The van der Waals surface area contributed by atoms with Crippen molar-refractivity contribution >= 4 is 13.4 Å². The summed E-state index contributed by atoms with van der Waals surface area (Å²) in [6.45, 7) is 0.471. The largest absolute Gasteiger partial charge is 0.392 e. The highest BCUT2D eigenvalue weighted by Gasteiger charge is 2.16. The predicted octanol–water partition coefficient (Wildman–Crippen LogP) is -0.751. The molecule has 0 fully saturated rings. The fourth-order valence-electron chi connectivity index (χ4n) is 0.394. The maximum absolute atomic E-state index is 2.92. The SMILES string of the molecule is C1#CB1C#CB1C#C1. The van der Waals surface area contributed by atoms with E-state index in [1.807, 2.05) is 0 Å². The molecular weight excluding hydrogens is 93.7 g/mol. The second kappa shape index (κ2) is 1.15. The van der Waals surface area contributed by atoms with E-state index in [1.165, 1.54) is 0 Å². The Labute approximate surface area is 49.2 Å². The van der Waals surface area contributed by atoms with Crippen molar-refractivity contribution in [3.05, 3.63) is 0 Å². The Balaban J connectivity index is 1.87. The highest BCUT2D eigenvalue weighted by molar-refractivity contribution is 6.96. The molecule has 0 aromatic rings. The van der Waals surface area contributed by atoms with Crippen LogP contribution >= 0.6 is 0 Å². The maximum atomic E-state index is 2.92. The van der Waals surface area contributed by atoms with E-state index in [9.17, 15) is 0 Å². The monoisotopic (exact) mass is 94.0 g/mol. The fourth-order valence-corrected chi connectivity index (χ4v) is 0.394. The molecule has 2 heteroatoms. The lowest BCUT2D eigenvalue weighted by Crippen LogP contribution is -1.92. The first-order chi connectivity index (χ1) is 3.95. The summed E-state index contributed by atoms with van der Waals surface area (Å²) in [5, 5.41) is 0. The molecule has 0 atom stereocenters. The molecule has 2 aliphatic rings. The molecule has 0 spiro atoms. The van der Waals surface area contributed by atoms with Crippen LogP contribution in [0.15, 0.2) is 0 Å². The zero-order valence-corrected chi connectivity index (χ0v) is 4.15. The summed E-state index contributed by atoms with van der Waals surface area (Å²) in [5.41, 5.74) is 0. The van der Waals surface area contributed by atoms with Gasteiger partial charge < -0.3 is 0 Å². The summed E-state index contributed by atoms with van der Waals surface area (Å²) in [6, 6.07) is 0. The molecule has 0 aromatic heterocycles. The molecule has 0 nitrogen and oxygen atoms in total. The van der Waals surface area contributed by atoms with E-state index < -0.39 is 0 Å². The molecule has 2 rings (SSSR count). The molecule has 8 heavy (non-hydrogen) atoms. The van der Waals surface area contributed by atoms with Gasteiger partial charge in [-0.15, -0.1) is 34.9 Å². The minimum Gasteiger partial charge on any atom is -0.131 e. The van der Waals surface area contributed by atoms with Crippen LogP contribution in [0.4, 0.5) is 0 Å². The molecule has 0 N–H and O–H groups in total. The van der Waals surface area contributed by atoms with Gasteiger partial charge in [0.25, 0.3) is 0 Å².